The van der Waals surface area contributed by atoms with Gasteiger partial charge in [-0.1, -0.05) is 95.8 Å². The Balaban J connectivity index is 0.000000120. The lowest BCUT2D eigenvalue weighted by Gasteiger charge is -2.34. The number of hydrogen-bond donors (Lipinski definition) is 2. The fraction of sp³-hybridized carbons (Fsp3) is 0.176. The van der Waals surface area contributed by atoms with Gasteiger partial charge in [-0.3, -0.25) is 29.8 Å². The van der Waals surface area contributed by atoms with E-state index >= 15 is 0 Å². The zero-order chi connectivity index (χ0) is 102. The molecule has 0 aliphatic carbocycles. The van der Waals surface area contributed by atoms with Gasteiger partial charge in [0.25, 0.3) is 0 Å². The van der Waals surface area contributed by atoms with E-state index in [1.165, 1.54) is 91.2 Å². The molecule has 738 valence electrons. The largest absolute Gasteiger partial charge is 0.396 e. The molecule has 0 radical (unpaired) electrons. The van der Waals surface area contributed by atoms with Crippen molar-refractivity contribution in [3.05, 3.63) is 383 Å². The molecule has 0 unspecified atom stereocenters. The van der Waals surface area contributed by atoms with E-state index in [4.69, 9.17) is 51.4 Å². The van der Waals surface area contributed by atoms with Crippen molar-refractivity contribution in [2.75, 3.05) is 102 Å². The molecule has 2 N–H and O–H groups in total. The zero-order valence-electron chi connectivity index (χ0n) is 80.9. The summed E-state index contributed by atoms with van der Waals surface area (Å²) in [7, 11) is 2.15. The van der Waals surface area contributed by atoms with Crippen LogP contribution in [-0.4, -0.2) is 187 Å². The first-order valence-corrected chi connectivity index (χ1v) is 50.5. The number of aliphatic hydroxyl groups is 2. The van der Waals surface area contributed by atoms with E-state index in [0.717, 1.165) is 176 Å². The number of fused-ring (bicyclic) bond motifs is 5. The summed E-state index contributed by atoms with van der Waals surface area (Å²) < 4.78 is 58.9. The summed E-state index contributed by atoms with van der Waals surface area (Å²) in [6, 6.07) is 72.2. The molecule has 0 amide bonds. The third-order valence-corrected chi connectivity index (χ3v) is 27.8. The third-order valence-electron chi connectivity index (χ3n) is 26.9. The summed E-state index contributed by atoms with van der Waals surface area (Å²) in [5, 5.41) is 23.9. The number of likely N-dealkylation sites (N-methyl/N-ethyl adjacent to an activating group) is 2. The number of pyridine rings is 14. The predicted octanol–water partition coefficient (Wildman–Crippen LogP) is 26.0. The molecule has 2 fully saturated rings. The SMILES string of the molecule is CCN1CCc2ccc(-c3cncc(-c4cc(-c5cc(Cl)ccc5F)nc5ncccc45)c3)cc2C1.CN1CCN(c2cncc(-c3cncc(-c4cc(-c5cc(Cl)ccc5F)nc5ncccc45)c3)c2)CC1.Fc1ccc(Cl)cc1-c1cc(-c2cncc(-c3ccc(CCN4CCCC4)cc3)c2)c2cccnc2n1.OCCCN(CCO)c1cccc(-c2cncc(-c3cc(-c4cc(Cl)ccc4F)nc4ncccc34)c2)n1. The lowest BCUT2D eigenvalue weighted by atomic mass is 9.94. The van der Waals surface area contributed by atoms with E-state index in [2.05, 4.69) is 165 Å². The van der Waals surface area contributed by atoms with Crippen molar-refractivity contribution in [1.82, 2.24) is 84.5 Å². The van der Waals surface area contributed by atoms with Crippen LogP contribution in [-0.2, 0) is 19.4 Å². The molecular weight excluding hydrogens is 1950 g/mol. The van der Waals surface area contributed by atoms with Gasteiger partial charge >= 0.3 is 0 Å². The highest BCUT2D eigenvalue weighted by Crippen LogP contribution is 2.43. The number of hydrogen-bond acceptors (Lipinski definition) is 21. The van der Waals surface area contributed by atoms with Gasteiger partial charge < -0.3 is 29.8 Å². The number of anilines is 2. The van der Waals surface area contributed by atoms with E-state index in [9.17, 15) is 27.8 Å². The first-order chi connectivity index (χ1) is 72.3. The van der Waals surface area contributed by atoms with Crippen molar-refractivity contribution in [3.63, 3.8) is 0 Å². The zero-order valence-corrected chi connectivity index (χ0v) is 84.0. The molecule has 21 nitrogen and oxygen atoms in total. The normalized spacial score (nSPS) is 13.2. The first-order valence-electron chi connectivity index (χ1n) is 49.0. The Labute approximate surface area is 873 Å². The molecular formula is C119H99Cl4F4N19O2. The van der Waals surface area contributed by atoms with E-state index in [-0.39, 0.29) is 30.4 Å². The van der Waals surface area contributed by atoms with Crippen LogP contribution in [0, 0.1) is 23.3 Å². The Morgan fingerprint density at radius 2 is 0.736 bits per heavy atom. The van der Waals surface area contributed by atoms with Gasteiger partial charge in [-0.05, 0) is 303 Å². The molecule has 0 bridgehead atoms. The molecule has 148 heavy (non-hydrogen) atoms. The second-order valence-corrected chi connectivity index (χ2v) is 38.3. The number of rotatable bonds is 23. The fourth-order valence-electron chi connectivity index (χ4n) is 19.0. The van der Waals surface area contributed by atoms with E-state index in [1.54, 1.807) is 67.6 Å². The standard InChI is InChI=1S/C31H26ClFN4.C30H24ClFN4.C29H24ClFN6.C29H25ClFN5O2/c32-25-9-10-29(33)28(17-25)30-18-27(26-4-3-12-35-31(26)36-30)24-16-23(19-34-20-24)22-7-5-21(6-8-22)11-15-37-13-1-2-14-37;1-2-36-11-9-19-5-6-20(12-23(19)18-36)21-13-22(17-33-16-21)26-15-29(27-14-24(31)7-8-28(27)32)35-30-25(26)4-3-10-34-30;1-36-7-9-37(10-8-36)23-12-20(16-33-18-23)19-11-21(17-32-15-19)25-14-28(26-13-22(30)4-5-27(26)31)35-29-24(25)3-2-6-34-29;30-21-7-8-25(31)24(15-21)27-16-23(22-4-2-9-33-29(22)35-27)19-14-20(18-32-17-19)26-5-1-6-28(34-26)36(11-13-38)10-3-12-37/h3-10,12,16-20H,1-2,11,13-15H2;3-8,10,12-17H,2,9,11,18H2,1H3;2-6,11-18H,7-10H2,1H3;1-2,4-9,14-18,37-38H,3,10-13H2. The highest BCUT2D eigenvalue weighted by molar-refractivity contribution is 6.32. The summed E-state index contributed by atoms with van der Waals surface area (Å²) in [4.78, 5) is 75.4. The molecule has 3 aliphatic heterocycles. The molecule has 14 aromatic heterocycles. The van der Waals surface area contributed by atoms with Crippen molar-refractivity contribution in [1.29, 1.82) is 0 Å². The van der Waals surface area contributed by atoms with Crippen molar-refractivity contribution in [2.24, 2.45) is 0 Å². The first kappa shape index (κ1) is 100. The topological polar surface area (TPSA) is 237 Å². The van der Waals surface area contributed by atoms with Crippen molar-refractivity contribution >= 4 is 102 Å². The summed E-state index contributed by atoms with van der Waals surface area (Å²) in [6.45, 7) is 13.9. The van der Waals surface area contributed by atoms with Crippen LogP contribution in [0.4, 0.5) is 29.1 Å². The Kier molecular flexibility index (Phi) is 31.2. The number of nitrogens with zero attached hydrogens (tertiary/aromatic N) is 19. The molecule has 3 aliphatic rings. The number of halogens is 8. The number of piperazine rings is 1. The molecule has 2 saturated heterocycles. The smallest absolute Gasteiger partial charge is 0.160 e. The highest BCUT2D eigenvalue weighted by Gasteiger charge is 2.25. The molecule has 20 aromatic rings. The minimum absolute atomic E-state index is 0.0208. The molecule has 23 rings (SSSR count). The quantitative estimate of drug-likeness (QED) is 0.0566. The maximum Gasteiger partial charge on any atom is 0.160 e. The summed E-state index contributed by atoms with van der Waals surface area (Å²) in [5.41, 5.74) is 25.2. The monoisotopic (exact) mass is 2040 g/mol. The van der Waals surface area contributed by atoms with Crippen LogP contribution in [0.5, 0.6) is 0 Å². The second-order valence-electron chi connectivity index (χ2n) is 36.6. The third kappa shape index (κ3) is 23.2. The van der Waals surface area contributed by atoms with Crippen molar-refractivity contribution in [2.45, 2.75) is 45.6 Å². The van der Waals surface area contributed by atoms with Crippen LogP contribution in [0.15, 0.2) is 323 Å². The van der Waals surface area contributed by atoms with Gasteiger partial charge in [0.1, 0.15) is 29.1 Å². The lowest BCUT2D eigenvalue weighted by molar-refractivity contribution is 0.268. The van der Waals surface area contributed by atoms with Gasteiger partial charge in [0.05, 0.1) is 47.0 Å². The average molecular weight is 2050 g/mol. The summed E-state index contributed by atoms with van der Waals surface area (Å²) >= 11 is 24.7. The minimum Gasteiger partial charge on any atom is -0.396 e. The van der Waals surface area contributed by atoms with Crippen LogP contribution in [0.3, 0.4) is 0 Å². The minimum atomic E-state index is -0.426. The molecule has 17 heterocycles. The van der Waals surface area contributed by atoms with E-state index in [0.29, 0.717) is 113 Å². The number of likely N-dealkylation sites (tertiary alicyclic amines) is 1. The van der Waals surface area contributed by atoms with E-state index < -0.39 is 11.6 Å². The van der Waals surface area contributed by atoms with Gasteiger partial charge in [0.2, 0.25) is 0 Å². The maximum atomic E-state index is 14.7. The van der Waals surface area contributed by atoms with Gasteiger partial charge in [0.15, 0.2) is 22.6 Å². The number of benzene rings is 6. The van der Waals surface area contributed by atoms with Gasteiger partial charge in [-0.15, -0.1) is 0 Å². The van der Waals surface area contributed by atoms with E-state index in [1.807, 2.05) is 145 Å². The van der Waals surface area contributed by atoms with Crippen LogP contribution in [0.2, 0.25) is 20.1 Å². The van der Waals surface area contributed by atoms with Crippen molar-refractivity contribution < 1.29 is 27.8 Å². The fourth-order valence-corrected chi connectivity index (χ4v) is 19.7. The Morgan fingerprint density at radius 3 is 1.18 bits per heavy atom. The number of aromatic nitrogens is 14. The highest BCUT2D eigenvalue weighted by atomic mass is 35.5. The number of aliphatic hydroxyl groups excluding tert-OH is 2. The summed E-state index contributed by atoms with van der Waals surface area (Å²) in [5.74, 6) is -0.876. The molecule has 6 aromatic carbocycles. The Morgan fingerprint density at radius 1 is 0.331 bits per heavy atom. The average Bonchev–Trinajstić information content (AvgIpc) is 0.804. The molecule has 0 saturated carbocycles. The molecule has 0 spiro atoms. The van der Waals surface area contributed by atoms with Crippen molar-refractivity contribution in [3.8, 4) is 134 Å². The van der Waals surface area contributed by atoms with Gasteiger partial charge in [-0.2, -0.15) is 0 Å². The molecule has 29 heteroatoms. The maximum absolute atomic E-state index is 14.7. The molecule has 0 atom stereocenters. The Hall–Kier alpha value is -15.3. The van der Waals surface area contributed by atoms with Gasteiger partial charge in [-0.25, -0.2) is 62.4 Å². The van der Waals surface area contributed by atoms with Crippen LogP contribution in [0.25, 0.3) is 178 Å². The predicted molar refractivity (Wildman–Crippen MR) is 585 cm³/mol. The van der Waals surface area contributed by atoms with Crippen LogP contribution >= 0.6 is 46.4 Å². The van der Waals surface area contributed by atoms with Crippen LogP contribution < -0.4 is 9.80 Å². The van der Waals surface area contributed by atoms with Gasteiger partial charge in [0, 0.05) is 260 Å². The summed E-state index contributed by atoms with van der Waals surface area (Å²) in [6.07, 6.45) is 30.4. The van der Waals surface area contributed by atoms with Crippen LogP contribution in [0.1, 0.15) is 42.9 Å². The lowest BCUT2D eigenvalue weighted by Crippen LogP contribution is -2.44. The second kappa shape index (κ2) is 46.2. The Bertz CT molecular complexity index is 8250.